The maximum atomic E-state index is 13.4. The highest BCUT2D eigenvalue weighted by Gasteiger charge is 2.31. The van der Waals surface area contributed by atoms with Gasteiger partial charge in [-0.1, -0.05) is 62.4 Å². The number of amides is 1. The first-order valence-electron chi connectivity index (χ1n) is 11.6. The maximum Gasteiger partial charge on any atom is 0.251 e. The number of nitrogen functional groups attached to an aromatic ring is 1. The van der Waals surface area contributed by atoms with Crippen molar-refractivity contribution >= 4 is 21.6 Å². The zero-order valence-corrected chi connectivity index (χ0v) is 20.9. The Balaban J connectivity index is 1.87. The summed E-state index contributed by atoms with van der Waals surface area (Å²) in [5, 5.41) is 14.2. The number of anilines is 1. The lowest BCUT2D eigenvalue weighted by Crippen LogP contribution is -2.51. The second kappa shape index (κ2) is 12.0. The number of nitrogens with two attached hydrogens (primary N) is 1. The van der Waals surface area contributed by atoms with Gasteiger partial charge in [0.2, 0.25) is 10.0 Å². The van der Waals surface area contributed by atoms with Crippen LogP contribution in [0.1, 0.15) is 29.8 Å². The van der Waals surface area contributed by atoms with Gasteiger partial charge in [-0.2, -0.15) is 4.31 Å². The first-order valence-corrected chi connectivity index (χ1v) is 13.0. The molecule has 0 aliphatic rings. The summed E-state index contributed by atoms with van der Waals surface area (Å²) in [5.74, 6) is -0.306. The Hall–Kier alpha value is -3.20. The van der Waals surface area contributed by atoms with E-state index in [4.69, 9.17) is 5.73 Å². The Morgan fingerprint density at radius 1 is 0.914 bits per heavy atom. The third-order valence-corrected chi connectivity index (χ3v) is 7.44. The summed E-state index contributed by atoms with van der Waals surface area (Å²) in [5.41, 5.74) is 7.57. The highest BCUT2D eigenvalue weighted by atomic mass is 32.2. The zero-order valence-electron chi connectivity index (χ0n) is 20.0. The van der Waals surface area contributed by atoms with Gasteiger partial charge < -0.3 is 16.2 Å². The first kappa shape index (κ1) is 26.4. The fourth-order valence-corrected chi connectivity index (χ4v) is 5.42. The number of rotatable bonds is 11. The van der Waals surface area contributed by atoms with Crippen LogP contribution in [0.5, 0.6) is 0 Å². The van der Waals surface area contributed by atoms with Crippen molar-refractivity contribution in [3.8, 4) is 0 Å². The minimum absolute atomic E-state index is 0.0252. The van der Waals surface area contributed by atoms with Crippen LogP contribution in [0.3, 0.4) is 0 Å². The van der Waals surface area contributed by atoms with Crippen LogP contribution in [0.4, 0.5) is 5.69 Å². The Morgan fingerprint density at radius 2 is 1.49 bits per heavy atom. The molecule has 0 aliphatic heterocycles. The molecule has 1 amide bonds. The van der Waals surface area contributed by atoms with E-state index >= 15 is 0 Å². The van der Waals surface area contributed by atoms with Crippen LogP contribution in [0.2, 0.25) is 0 Å². The quantitative estimate of drug-likeness (QED) is 0.353. The average molecular weight is 496 g/mol. The van der Waals surface area contributed by atoms with Gasteiger partial charge in [-0.15, -0.1) is 0 Å². The molecule has 0 bridgehead atoms. The van der Waals surface area contributed by atoms with Gasteiger partial charge in [0, 0.05) is 24.3 Å². The fraction of sp³-hybridized carbons (Fsp3) is 0.296. The molecule has 3 aromatic rings. The van der Waals surface area contributed by atoms with E-state index in [0.29, 0.717) is 17.7 Å². The van der Waals surface area contributed by atoms with Crippen molar-refractivity contribution in [3.63, 3.8) is 0 Å². The van der Waals surface area contributed by atoms with E-state index < -0.39 is 22.2 Å². The Labute approximate surface area is 207 Å². The van der Waals surface area contributed by atoms with Crippen molar-refractivity contribution in [3.05, 3.63) is 96.1 Å². The van der Waals surface area contributed by atoms with E-state index in [2.05, 4.69) is 5.32 Å². The Bertz CT molecular complexity index is 1180. The first-order chi connectivity index (χ1) is 16.7. The van der Waals surface area contributed by atoms with Crippen LogP contribution < -0.4 is 11.1 Å². The van der Waals surface area contributed by atoms with Gasteiger partial charge >= 0.3 is 0 Å². The highest BCUT2D eigenvalue weighted by Crippen LogP contribution is 2.20. The molecule has 0 unspecified atom stereocenters. The van der Waals surface area contributed by atoms with Gasteiger partial charge in [0.05, 0.1) is 17.0 Å². The Morgan fingerprint density at radius 3 is 2.06 bits per heavy atom. The number of benzene rings is 3. The van der Waals surface area contributed by atoms with Crippen molar-refractivity contribution in [2.45, 2.75) is 37.3 Å². The number of nitrogens with zero attached hydrogens (tertiary/aromatic N) is 1. The molecule has 186 valence electrons. The van der Waals surface area contributed by atoms with Crippen molar-refractivity contribution in [2.75, 3.05) is 18.8 Å². The Kier molecular flexibility index (Phi) is 9.03. The lowest BCUT2D eigenvalue weighted by molar-refractivity contribution is 0.0776. The smallest absolute Gasteiger partial charge is 0.251 e. The fourth-order valence-electron chi connectivity index (χ4n) is 3.80. The number of carbonyl (C=O) groups excluding carboxylic acids is 1. The van der Waals surface area contributed by atoms with Gasteiger partial charge in [-0.25, -0.2) is 8.42 Å². The molecule has 0 saturated heterocycles. The minimum atomic E-state index is -3.89. The third kappa shape index (κ3) is 7.39. The standard InChI is InChI=1S/C27H33N3O4S/c1-20(2)18-30(35(33,34)24-15-13-23(28)14-16-24)19-26(31)25(17-21-9-5-3-6-10-21)29-27(32)22-11-7-4-8-12-22/h3-16,20,25-26,31H,17-19,28H2,1-2H3,(H,29,32)/t25-,26+/m0/s1. The number of aliphatic hydroxyl groups excluding tert-OH is 1. The molecule has 3 aromatic carbocycles. The molecule has 0 aromatic heterocycles. The van der Waals surface area contributed by atoms with Crippen LogP contribution in [0.15, 0.2) is 89.8 Å². The predicted molar refractivity (Wildman–Crippen MR) is 138 cm³/mol. The van der Waals surface area contributed by atoms with E-state index in [0.717, 1.165) is 5.56 Å². The molecule has 0 aliphatic carbocycles. The zero-order chi connectivity index (χ0) is 25.4. The van der Waals surface area contributed by atoms with Gasteiger partial charge in [-0.05, 0) is 54.3 Å². The lowest BCUT2D eigenvalue weighted by Gasteiger charge is -2.30. The number of hydrogen-bond donors (Lipinski definition) is 3. The molecule has 8 heteroatoms. The molecule has 2 atom stereocenters. The summed E-state index contributed by atoms with van der Waals surface area (Å²) >= 11 is 0. The van der Waals surface area contributed by atoms with Crippen LogP contribution in [-0.4, -0.2) is 49.0 Å². The summed E-state index contributed by atoms with van der Waals surface area (Å²) in [6, 6.07) is 23.5. The number of carbonyl (C=O) groups is 1. The molecule has 0 radical (unpaired) electrons. The van der Waals surface area contributed by atoms with E-state index in [9.17, 15) is 18.3 Å². The SMILES string of the molecule is CC(C)CN(C[C@@H](O)[C@H](Cc1ccccc1)NC(=O)c1ccccc1)S(=O)(=O)c1ccc(N)cc1. The summed E-state index contributed by atoms with van der Waals surface area (Å²) < 4.78 is 28.1. The van der Waals surface area contributed by atoms with Crippen molar-refractivity contribution in [2.24, 2.45) is 5.92 Å². The maximum absolute atomic E-state index is 13.4. The normalized spacial score (nSPS) is 13.5. The summed E-state index contributed by atoms with van der Waals surface area (Å²) in [7, 11) is -3.89. The molecule has 4 N–H and O–H groups in total. The molecule has 3 rings (SSSR count). The van der Waals surface area contributed by atoms with Crippen LogP contribution in [0.25, 0.3) is 0 Å². The number of nitrogens with one attached hydrogen (secondary N) is 1. The monoisotopic (exact) mass is 495 g/mol. The predicted octanol–water partition coefficient (Wildman–Crippen LogP) is 3.32. The van der Waals surface area contributed by atoms with Gasteiger partial charge in [0.1, 0.15) is 0 Å². The van der Waals surface area contributed by atoms with Gasteiger partial charge in [0.15, 0.2) is 0 Å². The summed E-state index contributed by atoms with van der Waals surface area (Å²) in [4.78, 5) is 13.0. The van der Waals surface area contributed by atoms with E-state index in [1.165, 1.54) is 28.6 Å². The van der Waals surface area contributed by atoms with Crippen molar-refractivity contribution < 1.29 is 18.3 Å². The molecule has 0 saturated carbocycles. The molecule has 0 fully saturated rings. The van der Waals surface area contributed by atoms with E-state index in [1.54, 1.807) is 24.3 Å². The highest BCUT2D eigenvalue weighted by molar-refractivity contribution is 7.89. The third-order valence-electron chi connectivity index (χ3n) is 5.59. The number of aliphatic hydroxyl groups is 1. The topological polar surface area (TPSA) is 113 Å². The molecule has 7 nitrogen and oxygen atoms in total. The average Bonchev–Trinajstić information content (AvgIpc) is 2.84. The van der Waals surface area contributed by atoms with Gasteiger partial charge in [-0.3, -0.25) is 4.79 Å². The molecule has 0 heterocycles. The number of sulfonamides is 1. The number of hydrogen-bond acceptors (Lipinski definition) is 5. The van der Waals surface area contributed by atoms with Crippen LogP contribution in [0, 0.1) is 5.92 Å². The minimum Gasteiger partial charge on any atom is -0.399 e. The molecule has 35 heavy (non-hydrogen) atoms. The van der Waals surface area contributed by atoms with Crippen molar-refractivity contribution in [1.29, 1.82) is 0 Å². The summed E-state index contributed by atoms with van der Waals surface area (Å²) in [6.45, 7) is 3.87. The van der Waals surface area contributed by atoms with Crippen LogP contribution in [-0.2, 0) is 16.4 Å². The second-order valence-corrected chi connectivity index (χ2v) is 10.9. The molecule has 0 spiro atoms. The van der Waals surface area contributed by atoms with E-state index in [1.807, 2.05) is 50.2 Å². The molecular weight excluding hydrogens is 462 g/mol. The largest absolute Gasteiger partial charge is 0.399 e. The van der Waals surface area contributed by atoms with Crippen molar-refractivity contribution in [1.82, 2.24) is 9.62 Å². The van der Waals surface area contributed by atoms with Gasteiger partial charge in [0.25, 0.3) is 5.91 Å². The van der Waals surface area contributed by atoms with E-state index in [-0.39, 0.29) is 29.8 Å². The lowest BCUT2D eigenvalue weighted by atomic mass is 10.00. The second-order valence-electron chi connectivity index (χ2n) is 8.99. The summed E-state index contributed by atoms with van der Waals surface area (Å²) in [6.07, 6.45) is -0.803. The van der Waals surface area contributed by atoms with Crippen LogP contribution >= 0.6 is 0 Å². The molecular formula is C27H33N3O4S.